The first-order valence-corrected chi connectivity index (χ1v) is 7.92. The number of nitrogens with zero attached hydrogens (tertiary/aromatic N) is 1. The number of hydrogen-bond donors (Lipinski definition) is 2. The van der Waals surface area contributed by atoms with Crippen molar-refractivity contribution < 1.29 is 14.0 Å². The summed E-state index contributed by atoms with van der Waals surface area (Å²) in [6.07, 6.45) is 1.78. The molecule has 0 saturated carbocycles. The molecule has 1 aliphatic rings. The van der Waals surface area contributed by atoms with Gasteiger partial charge in [-0.05, 0) is 37.9 Å². The number of nitrogens with one attached hydrogen (secondary N) is 2. The van der Waals surface area contributed by atoms with E-state index in [4.69, 9.17) is 4.42 Å². The van der Waals surface area contributed by atoms with Crippen LogP contribution in [0.5, 0.6) is 0 Å². The Morgan fingerprint density at radius 3 is 2.83 bits per heavy atom. The fourth-order valence-corrected chi connectivity index (χ4v) is 2.98. The van der Waals surface area contributed by atoms with Gasteiger partial charge in [-0.15, -0.1) is 0 Å². The minimum Gasteiger partial charge on any atom is -0.468 e. The van der Waals surface area contributed by atoms with Crippen molar-refractivity contribution in [3.05, 3.63) is 54.0 Å². The number of carbonyl (C=O) groups excluding carboxylic acids is 2. The van der Waals surface area contributed by atoms with E-state index >= 15 is 0 Å². The van der Waals surface area contributed by atoms with Crippen LogP contribution in [-0.4, -0.2) is 37.4 Å². The second kappa shape index (κ2) is 6.88. The molecule has 0 radical (unpaired) electrons. The molecule has 0 saturated heterocycles. The van der Waals surface area contributed by atoms with Crippen LogP contribution in [-0.2, 0) is 9.59 Å². The standard InChI is InChI=1S/C18H21N3O3/c1-21(2)15(16-8-5-9-24-16)11-19-18(23)13-10-17(22)20-14-7-4-3-6-12(13)14/h3-9,13,15H,10-11H2,1-2H3,(H,19,23)(H,20,22)/t13-,15-/m1/s1. The van der Waals surface area contributed by atoms with Gasteiger partial charge >= 0.3 is 0 Å². The van der Waals surface area contributed by atoms with Crippen molar-refractivity contribution in [2.45, 2.75) is 18.4 Å². The molecule has 2 amide bonds. The first-order valence-electron chi connectivity index (χ1n) is 7.92. The normalized spacial score (nSPS) is 18.0. The van der Waals surface area contributed by atoms with E-state index < -0.39 is 5.92 Å². The van der Waals surface area contributed by atoms with Crippen molar-refractivity contribution in [3.63, 3.8) is 0 Å². The monoisotopic (exact) mass is 327 g/mol. The molecule has 1 aromatic carbocycles. The SMILES string of the molecule is CN(C)[C@H](CNC(=O)[C@@H]1CC(=O)Nc2ccccc21)c1ccco1. The van der Waals surface area contributed by atoms with Gasteiger partial charge in [-0.1, -0.05) is 18.2 Å². The fraction of sp³-hybridized carbons (Fsp3) is 0.333. The second-order valence-corrected chi connectivity index (χ2v) is 6.13. The molecule has 3 rings (SSSR count). The highest BCUT2D eigenvalue weighted by Gasteiger charge is 2.31. The smallest absolute Gasteiger partial charge is 0.228 e. The summed E-state index contributed by atoms with van der Waals surface area (Å²) in [6, 6.07) is 11.1. The summed E-state index contributed by atoms with van der Waals surface area (Å²) in [4.78, 5) is 26.5. The van der Waals surface area contributed by atoms with E-state index in [1.165, 1.54) is 0 Å². The Hall–Kier alpha value is -2.60. The number of fused-ring (bicyclic) bond motifs is 1. The molecule has 0 unspecified atom stereocenters. The lowest BCUT2D eigenvalue weighted by atomic mass is 9.90. The van der Waals surface area contributed by atoms with Crippen LogP contribution in [0, 0.1) is 0 Å². The Bertz CT molecular complexity index is 725. The zero-order valence-electron chi connectivity index (χ0n) is 13.8. The molecule has 0 spiro atoms. The Morgan fingerprint density at radius 2 is 2.12 bits per heavy atom. The molecule has 1 aromatic heterocycles. The molecule has 2 aromatic rings. The van der Waals surface area contributed by atoms with Gasteiger partial charge in [0, 0.05) is 18.7 Å². The van der Waals surface area contributed by atoms with Crippen LogP contribution in [0.25, 0.3) is 0 Å². The van der Waals surface area contributed by atoms with Gasteiger partial charge in [0.2, 0.25) is 11.8 Å². The Labute approximate surface area is 140 Å². The first-order chi connectivity index (χ1) is 11.6. The van der Waals surface area contributed by atoms with E-state index in [9.17, 15) is 9.59 Å². The lowest BCUT2D eigenvalue weighted by Crippen LogP contribution is -2.39. The number of anilines is 1. The predicted octanol–water partition coefficient (Wildman–Crippen LogP) is 2.12. The molecule has 2 atom stereocenters. The van der Waals surface area contributed by atoms with E-state index in [2.05, 4.69) is 10.6 Å². The van der Waals surface area contributed by atoms with Gasteiger partial charge in [-0.2, -0.15) is 0 Å². The van der Waals surface area contributed by atoms with Crippen LogP contribution in [0.4, 0.5) is 5.69 Å². The number of furan rings is 1. The maximum atomic E-state index is 12.7. The number of para-hydroxylation sites is 1. The van der Waals surface area contributed by atoms with Crippen LogP contribution in [0.2, 0.25) is 0 Å². The molecular weight excluding hydrogens is 306 g/mol. The highest BCUT2D eigenvalue weighted by molar-refractivity contribution is 6.01. The average molecular weight is 327 g/mol. The molecule has 0 aliphatic carbocycles. The number of rotatable bonds is 5. The highest BCUT2D eigenvalue weighted by Crippen LogP contribution is 2.32. The van der Waals surface area contributed by atoms with E-state index in [1.54, 1.807) is 6.26 Å². The minimum absolute atomic E-state index is 0.0587. The van der Waals surface area contributed by atoms with Gasteiger partial charge in [0.25, 0.3) is 0 Å². The first kappa shape index (κ1) is 16.3. The fourth-order valence-electron chi connectivity index (χ4n) is 2.98. The van der Waals surface area contributed by atoms with Gasteiger partial charge in [-0.25, -0.2) is 0 Å². The summed E-state index contributed by atoms with van der Waals surface area (Å²) in [6.45, 7) is 0.416. The molecule has 2 N–H and O–H groups in total. The molecule has 1 aliphatic heterocycles. The van der Waals surface area contributed by atoms with E-state index in [-0.39, 0.29) is 24.3 Å². The quantitative estimate of drug-likeness (QED) is 0.882. The maximum absolute atomic E-state index is 12.7. The van der Waals surface area contributed by atoms with Crippen molar-refractivity contribution in [1.29, 1.82) is 0 Å². The van der Waals surface area contributed by atoms with Crippen LogP contribution >= 0.6 is 0 Å². The Balaban J connectivity index is 1.72. The summed E-state index contributed by atoms with van der Waals surface area (Å²) in [5, 5.41) is 5.77. The highest BCUT2D eigenvalue weighted by atomic mass is 16.3. The molecule has 126 valence electrons. The van der Waals surface area contributed by atoms with Crippen molar-refractivity contribution in [2.24, 2.45) is 0 Å². The number of hydrogen-bond acceptors (Lipinski definition) is 4. The third-order valence-corrected chi connectivity index (χ3v) is 4.28. The van der Waals surface area contributed by atoms with Crippen LogP contribution in [0.3, 0.4) is 0 Å². The average Bonchev–Trinajstić information content (AvgIpc) is 3.07. The number of carbonyl (C=O) groups is 2. The molecule has 6 heteroatoms. The molecular formula is C18H21N3O3. The lowest BCUT2D eigenvalue weighted by Gasteiger charge is -2.27. The number of amides is 2. The van der Waals surface area contributed by atoms with E-state index in [0.29, 0.717) is 12.2 Å². The molecule has 24 heavy (non-hydrogen) atoms. The molecule has 0 bridgehead atoms. The summed E-state index contributed by atoms with van der Waals surface area (Å²) >= 11 is 0. The number of likely N-dealkylation sites (N-methyl/N-ethyl adjacent to an activating group) is 1. The van der Waals surface area contributed by atoms with E-state index in [0.717, 1.165) is 11.3 Å². The maximum Gasteiger partial charge on any atom is 0.228 e. The largest absolute Gasteiger partial charge is 0.468 e. The van der Waals surface area contributed by atoms with Gasteiger partial charge in [0.1, 0.15) is 5.76 Å². The minimum atomic E-state index is -0.464. The van der Waals surface area contributed by atoms with Crippen molar-refractivity contribution >= 4 is 17.5 Å². The van der Waals surface area contributed by atoms with Gasteiger partial charge in [0.05, 0.1) is 18.2 Å². The van der Waals surface area contributed by atoms with Crippen LogP contribution in [0.15, 0.2) is 47.1 Å². The topological polar surface area (TPSA) is 74.6 Å². The van der Waals surface area contributed by atoms with Gasteiger partial charge in [-0.3, -0.25) is 14.5 Å². The third-order valence-electron chi connectivity index (χ3n) is 4.28. The third kappa shape index (κ3) is 3.33. The van der Waals surface area contributed by atoms with Crippen molar-refractivity contribution in [3.8, 4) is 0 Å². The number of benzene rings is 1. The summed E-state index contributed by atoms with van der Waals surface area (Å²) < 4.78 is 5.45. The second-order valence-electron chi connectivity index (χ2n) is 6.13. The van der Waals surface area contributed by atoms with Crippen molar-refractivity contribution in [2.75, 3.05) is 26.0 Å². The predicted molar refractivity (Wildman–Crippen MR) is 90.6 cm³/mol. The van der Waals surface area contributed by atoms with Crippen molar-refractivity contribution in [1.82, 2.24) is 10.2 Å². The van der Waals surface area contributed by atoms with Gasteiger partial charge in [0.15, 0.2) is 0 Å². The lowest BCUT2D eigenvalue weighted by molar-refractivity contribution is -0.126. The van der Waals surface area contributed by atoms with Crippen LogP contribution in [0.1, 0.15) is 29.7 Å². The zero-order valence-corrected chi connectivity index (χ0v) is 13.8. The summed E-state index contributed by atoms with van der Waals surface area (Å²) in [5.41, 5.74) is 1.57. The molecule has 2 heterocycles. The van der Waals surface area contributed by atoms with E-state index in [1.807, 2.05) is 55.4 Å². The van der Waals surface area contributed by atoms with Crippen LogP contribution < -0.4 is 10.6 Å². The molecule has 6 nitrogen and oxygen atoms in total. The summed E-state index contributed by atoms with van der Waals surface area (Å²) in [5.74, 6) is 0.0520. The Morgan fingerprint density at radius 1 is 1.33 bits per heavy atom. The zero-order chi connectivity index (χ0) is 17.1. The summed E-state index contributed by atoms with van der Waals surface area (Å²) in [7, 11) is 3.87. The van der Waals surface area contributed by atoms with Gasteiger partial charge < -0.3 is 15.1 Å². The Kier molecular flexibility index (Phi) is 4.66. The molecule has 0 fully saturated rings.